The third-order valence-corrected chi connectivity index (χ3v) is 8.38. The van der Waals surface area contributed by atoms with Crippen LogP contribution in [0.5, 0.6) is 11.5 Å². The van der Waals surface area contributed by atoms with Gasteiger partial charge in [0, 0.05) is 30.4 Å². The first-order chi connectivity index (χ1) is 18.3. The van der Waals surface area contributed by atoms with Gasteiger partial charge in [-0.3, -0.25) is 9.52 Å². The molecule has 212 valence electrons. The maximum Gasteiger partial charge on any atom is 0.404 e. The second-order valence-corrected chi connectivity index (χ2v) is 11.5. The summed E-state index contributed by atoms with van der Waals surface area (Å²) in [5.74, 6) is -2.87. The molecule has 0 aromatic heterocycles. The Kier molecular flexibility index (Phi) is 8.27. The zero-order valence-corrected chi connectivity index (χ0v) is 22.6. The van der Waals surface area contributed by atoms with Crippen LogP contribution in [-0.4, -0.2) is 50.8 Å². The molecule has 0 spiro atoms. The van der Waals surface area contributed by atoms with E-state index in [0.717, 1.165) is 12.8 Å². The molecule has 2 aliphatic heterocycles. The van der Waals surface area contributed by atoms with E-state index in [9.17, 15) is 26.4 Å². The minimum atomic E-state index is -4.92. The average Bonchev–Trinajstić information content (AvgIpc) is 3.34. The number of nitrogens with zero attached hydrogens (tertiary/aromatic N) is 1. The summed E-state index contributed by atoms with van der Waals surface area (Å²) in [6.45, 7) is 4.50. The van der Waals surface area contributed by atoms with Crippen LogP contribution in [-0.2, 0) is 14.8 Å². The summed E-state index contributed by atoms with van der Waals surface area (Å²) in [7, 11) is -3.17. The maximum absolute atomic E-state index is 15.5. The number of nitrogens with one attached hydrogen (secondary N) is 2. The number of carbonyl (C=O) groups excluding carboxylic acids is 1. The van der Waals surface area contributed by atoms with Gasteiger partial charge < -0.3 is 15.0 Å². The lowest BCUT2D eigenvalue weighted by molar-refractivity contribution is -0.130. The van der Waals surface area contributed by atoms with Crippen LogP contribution < -0.4 is 14.8 Å². The molecule has 0 radical (unpaired) electrons. The average molecular weight is 570 g/mol. The van der Waals surface area contributed by atoms with Crippen LogP contribution in [0.2, 0.25) is 0 Å². The third kappa shape index (κ3) is 6.38. The molecule has 1 fully saturated rings. The predicted molar refractivity (Wildman–Crippen MR) is 140 cm³/mol. The lowest BCUT2D eigenvalue weighted by Crippen LogP contribution is -2.46. The van der Waals surface area contributed by atoms with E-state index in [-0.39, 0.29) is 34.9 Å². The summed E-state index contributed by atoms with van der Waals surface area (Å²) in [6.07, 6.45) is -1.26. The van der Waals surface area contributed by atoms with E-state index < -0.39 is 33.8 Å². The van der Waals surface area contributed by atoms with Crippen molar-refractivity contribution in [1.29, 1.82) is 0 Å². The summed E-state index contributed by atoms with van der Waals surface area (Å²) in [4.78, 5) is 14.1. The Morgan fingerprint density at radius 2 is 1.87 bits per heavy atom. The molecule has 1 saturated heterocycles. The van der Waals surface area contributed by atoms with Crippen molar-refractivity contribution in [2.45, 2.75) is 51.2 Å². The predicted octanol–water partition coefficient (Wildman–Crippen LogP) is 5.62. The lowest BCUT2D eigenvalue weighted by Gasteiger charge is -2.32. The largest absolute Gasteiger partial charge is 0.454 e. The number of hydrogen-bond donors (Lipinski definition) is 2. The van der Waals surface area contributed by atoms with Crippen molar-refractivity contribution in [2.24, 2.45) is 5.92 Å². The number of fused-ring (bicyclic) bond motifs is 1. The van der Waals surface area contributed by atoms with Gasteiger partial charge in [0.25, 0.3) is 0 Å². The molecular weight excluding hydrogens is 538 g/mol. The van der Waals surface area contributed by atoms with E-state index in [1.165, 1.54) is 29.2 Å². The van der Waals surface area contributed by atoms with Crippen molar-refractivity contribution in [3.05, 3.63) is 59.5 Å². The van der Waals surface area contributed by atoms with E-state index in [1.54, 1.807) is 25.4 Å². The van der Waals surface area contributed by atoms with Gasteiger partial charge in [-0.15, -0.1) is 0 Å². The van der Waals surface area contributed by atoms with Crippen molar-refractivity contribution < 1.29 is 35.5 Å². The Labute approximate surface area is 225 Å². The van der Waals surface area contributed by atoms with Crippen LogP contribution in [0.4, 0.5) is 23.2 Å². The summed E-state index contributed by atoms with van der Waals surface area (Å²) in [5, 5.41) is 3.16. The van der Waals surface area contributed by atoms with Crippen molar-refractivity contribution in [3.63, 3.8) is 0 Å². The molecule has 12 heteroatoms. The monoisotopic (exact) mass is 569 g/mol. The molecule has 0 aliphatic carbocycles. The highest BCUT2D eigenvalue weighted by Gasteiger charge is 2.41. The van der Waals surface area contributed by atoms with Gasteiger partial charge in [0.15, 0.2) is 17.3 Å². The molecule has 0 bridgehead atoms. The first-order valence-electron chi connectivity index (χ1n) is 12.7. The van der Waals surface area contributed by atoms with E-state index in [2.05, 4.69) is 5.32 Å². The second kappa shape index (κ2) is 11.2. The van der Waals surface area contributed by atoms with E-state index >= 15 is 4.39 Å². The molecule has 7 nitrogen and oxygen atoms in total. The van der Waals surface area contributed by atoms with Crippen LogP contribution >= 0.6 is 0 Å². The molecular formula is C27H31F4N3O4S. The highest BCUT2D eigenvalue weighted by molar-refractivity contribution is 7.92. The fraction of sp³-hybridized carbons (Fsp3) is 0.444. The Hall–Kier alpha value is -3.12. The van der Waals surface area contributed by atoms with Gasteiger partial charge in [0.1, 0.15) is 5.75 Å². The Balaban J connectivity index is 1.79. The third-order valence-electron chi connectivity index (χ3n) is 7.12. The number of ether oxygens (including phenoxy) is 1. The number of hydrogen-bond acceptors (Lipinski definition) is 5. The molecule has 2 heterocycles. The molecule has 2 unspecified atom stereocenters. The lowest BCUT2D eigenvalue weighted by atomic mass is 9.84. The van der Waals surface area contributed by atoms with Gasteiger partial charge in [0.05, 0.1) is 6.04 Å². The van der Waals surface area contributed by atoms with Gasteiger partial charge in [-0.05, 0) is 67.1 Å². The number of amides is 1. The molecule has 1 amide bonds. The number of benzene rings is 2. The topological polar surface area (TPSA) is 87.7 Å². The van der Waals surface area contributed by atoms with Gasteiger partial charge in [-0.2, -0.15) is 13.2 Å². The molecule has 2 aromatic rings. The van der Waals surface area contributed by atoms with Gasteiger partial charge >= 0.3 is 6.18 Å². The number of carbonyl (C=O) groups is 1. The number of rotatable bonds is 9. The van der Waals surface area contributed by atoms with Crippen LogP contribution in [0.25, 0.3) is 5.57 Å². The number of alkyl halides is 3. The van der Waals surface area contributed by atoms with E-state index in [1.807, 2.05) is 18.6 Å². The van der Waals surface area contributed by atoms with E-state index in [4.69, 9.17) is 4.74 Å². The Morgan fingerprint density at radius 1 is 1.15 bits per heavy atom. The fourth-order valence-electron chi connectivity index (χ4n) is 5.26. The standard InChI is InChI=1S/C27H31F4N3O4S/c1-4-16(5-2)18-7-6-8-23(24(18)28)38-22-10-9-17(33-39(36,37)15-27(29,30)31)13-20(22)21-14-34(3)26(35)25-19(21)11-12-32-25/h6-10,13-14,16,19,25,32-33H,4-5,11-12,15H2,1-3H3. The molecule has 39 heavy (non-hydrogen) atoms. The Morgan fingerprint density at radius 3 is 2.54 bits per heavy atom. The van der Waals surface area contributed by atoms with Crippen LogP contribution in [0.15, 0.2) is 42.6 Å². The highest BCUT2D eigenvalue weighted by Crippen LogP contribution is 2.43. The van der Waals surface area contributed by atoms with Crippen LogP contribution in [0.3, 0.4) is 0 Å². The van der Waals surface area contributed by atoms with Gasteiger partial charge in [-0.1, -0.05) is 26.0 Å². The second-order valence-electron chi connectivity index (χ2n) is 9.82. The smallest absolute Gasteiger partial charge is 0.404 e. The Bertz CT molecular complexity index is 1370. The van der Waals surface area contributed by atoms with Gasteiger partial charge in [-0.25, -0.2) is 12.8 Å². The van der Waals surface area contributed by atoms with Gasteiger partial charge in [0.2, 0.25) is 15.9 Å². The first-order valence-corrected chi connectivity index (χ1v) is 14.4. The van der Waals surface area contributed by atoms with Crippen molar-refractivity contribution in [1.82, 2.24) is 10.2 Å². The fourth-order valence-corrected chi connectivity index (χ4v) is 6.25. The molecule has 4 rings (SSSR count). The molecule has 2 aromatic carbocycles. The number of halogens is 4. The maximum atomic E-state index is 15.5. The highest BCUT2D eigenvalue weighted by atomic mass is 32.2. The number of likely N-dealkylation sites (N-methyl/N-ethyl adjacent to an activating group) is 1. The number of anilines is 1. The van der Waals surface area contributed by atoms with Crippen LogP contribution in [0, 0.1) is 11.7 Å². The number of sulfonamides is 1. The molecule has 2 N–H and O–H groups in total. The van der Waals surface area contributed by atoms with Crippen molar-refractivity contribution >= 4 is 27.2 Å². The molecule has 0 saturated carbocycles. The molecule has 2 aliphatic rings. The zero-order chi connectivity index (χ0) is 28.5. The summed E-state index contributed by atoms with van der Waals surface area (Å²) in [6, 6.07) is 8.36. The summed E-state index contributed by atoms with van der Waals surface area (Å²) < 4.78 is 86.3. The van der Waals surface area contributed by atoms with Crippen molar-refractivity contribution in [3.8, 4) is 11.5 Å². The first kappa shape index (κ1) is 28.9. The summed E-state index contributed by atoms with van der Waals surface area (Å²) in [5.41, 5.74) is 1.36. The minimum Gasteiger partial charge on any atom is -0.454 e. The van der Waals surface area contributed by atoms with E-state index in [0.29, 0.717) is 29.7 Å². The molecule has 2 atom stereocenters. The zero-order valence-electron chi connectivity index (χ0n) is 21.8. The minimum absolute atomic E-state index is 0.00975. The van der Waals surface area contributed by atoms with Crippen molar-refractivity contribution in [2.75, 3.05) is 24.1 Å². The summed E-state index contributed by atoms with van der Waals surface area (Å²) >= 11 is 0. The van der Waals surface area contributed by atoms with Crippen LogP contribution in [0.1, 0.15) is 50.2 Å². The quantitative estimate of drug-likeness (QED) is 0.383. The SMILES string of the molecule is CCC(CC)c1cccc(Oc2ccc(NS(=O)(=O)CC(F)(F)F)cc2C2=CN(C)C(=O)C3NCCC23)c1F. The normalized spacial score (nSPS) is 19.7.